The van der Waals surface area contributed by atoms with Gasteiger partial charge < -0.3 is 5.32 Å². The molecule has 1 unspecified atom stereocenters. The predicted molar refractivity (Wildman–Crippen MR) is 81.8 cm³/mol. The minimum atomic E-state index is -3.28. The van der Waals surface area contributed by atoms with E-state index >= 15 is 0 Å². The van der Waals surface area contributed by atoms with Crippen molar-refractivity contribution >= 4 is 10.2 Å². The lowest BCUT2D eigenvalue weighted by Gasteiger charge is -2.41. The lowest BCUT2D eigenvalue weighted by atomic mass is 9.94. The van der Waals surface area contributed by atoms with E-state index in [1.807, 2.05) is 0 Å². The van der Waals surface area contributed by atoms with E-state index in [1.54, 1.807) is 15.7 Å². The largest absolute Gasteiger partial charge is 0.315 e. The van der Waals surface area contributed by atoms with Crippen LogP contribution in [0.4, 0.5) is 0 Å². The molecule has 1 saturated heterocycles. The molecule has 1 aliphatic carbocycles. The van der Waals surface area contributed by atoms with Gasteiger partial charge in [0, 0.05) is 32.2 Å². The van der Waals surface area contributed by atoms with Crippen LogP contribution in [0.25, 0.3) is 0 Å². The normalized spacial score (nSPS) is 25.9. The van der Waals surface area contributed by atoms with Gasteiger partial charge in [-0.3, -0.25) is 0 Å². The third-order valence-electron chi connectivity index (χ3n) is 4.63. The van der Waals surface area contributed by atoms with Crippen molar-refractivity contribution < 1.29 is 8.42 Å². The van der Waals surface area contributed by atoms with Gasteiger partial charge in [-0.15, -0.1) is 0 Å². The van der Waals surface area contributed by atoms with Crippen molar-refractivity contribution in [3.05, 3.63) is 0 Å². The van der Waals surface area contributed by atoms with E-state index in [1.165, 1.54) is 0 Å². The lowest BCUT2D eigenvalue weighted by molar-refractivity contribution is 0.196. The van der Waals surface area contributed by atoms with Crippen LogP contribution in [-0.4, -0.2) is 55.8 Å². The molecule has 0 aromatic carbocycles. The summed E-state index contributed by atoms with van der Waals surface area (Å²) >= 11 is 0. The molecule has 1 N–H and O–H groups in total. The molecule has 0 aromatic rings. The first kappa shape index (κ1) is 16.2. The Hall–Kier alpha value is -0.170. The molecule has 118 valence electrons. The molecule has 5 nitrogen and oxygen atoms in total. The highest BCUT2D eigenvalue weighted by Crippen LogP contribution is 2.29. The molecule has 2 fully saturated rings. The van der Waals surface area contributed by atoms with Crippen LogP contribution in [0.5, 0.6) is 0 Å². The van der Waals surface area contributed by atoms with E-state index in [4.69, 9.17) is 0 Å². The van der Waals surface area contributed by atoms with Crippen LogP contribution in [0, 0.1) is 0 Å². The third-order valence-corrected chi connectivity index (χ3v) is 6.73. The second-order valence-corrected chi connectivity index (χ2v) is 8.01. The van der Waals surface area contributed by atoms with Crippen LogP contribution in [0.15, 0.2) is 0 Å². The Bertz CT molecular complexity index is 395. The van der Waals surface area contributed by atoms with Crippen molar-refractivity contribution in [2.75, 3.05) is 26.7 Å². The summed E-state index contributed by atoms with van der Waals surface area (Å²) < 4.78 is 28.9. The molecule has 2 rings (SSSR count). The molecule has 1 saturated carbocycles. The van der Waals surface area contributed by atoms with Crippen LogP contribution < -0.4 is 5.32 Å². The molecule has 1 aliphatic heterocycles. The highest BCUT2D eigenvalue weighted by atomic mass is 32.2. The van der Waals surface area contributed by atoms with Gasteiger partial charge in [0.05, 0.1) is 0 Å². The van der Waals surface area contributed by atoms with E-state index in [9.17, 15) is 8.42 Å². The van der Waals surface area contributed by atoms with E-state index in [2.05, 4.69) is 12.2 Å². The Labute approximate surface area is 123 Å². The predicted octanol–water partition coefficient (Wildman–Crippen LogP) is 1.57. The maximum absolute atomic E-state index is 12.8. The van der Waals surface area contributed by atoms with Gasteiger partial charge in [-0.25, -0.2) is 0 Å². The number of piperidine rings is 1. The Morgan fingerprint density at radius 2 is 1.95 bits per heavy atom. The summed E-state index contributed by atoms with van der Waals surface area (Å²) in [6.45, 7) is 4.55. The zero-order chi connectivity index (χ0) is 14.6. The van der Waals surface area contributed by atoms with E-state index in [0.29, 0.717) is 6.54 Å². The third kappa shape index (κ3) is 3.53. The van der Waals surface area contributed by atoms with Crippen LogP contribution in [0.2, 0.25) is 0 Å². The first-order chi connectivity index (χ1) is 9.57. The molecule has 0 aromatic heterocycles. The van der Waals surface area contributed by atoms with Crippen LogP contribution in [-0.2, 0) is 10.2 Å². The standard InChI is InChI=1S/C14H29N3O2S/c1-3-10-15-12-14-7-4-5-11-17(14)20(18,19)16(2)13-8-6-9-13/h13-15H,3-12H2,1-2H3. The smallest absolute Gasteiger partial charge is 0.282 e. The maximum atomic E-state index is 12.8. The molecular formula is C14H29N3O2S. The van der Waals surface area contributed by atoms with Gasteiger partial charge in [0.25, 0.3) is 10.2 Å². The first-order valence-corrected chi connectivity index (χ1v) is 9.42. The molecule has 1 heterocycles. The highest BCUT2D eigenvalue weighted by molar-refractivity contribution is 7.86. The molecule has 20 heavy (non-hydrogen) atoms. The quantitative estimate of drug-likeness (QED) is 0.726. The molecule has 6 heteroatoms. The summed E-state index contributed by atoms with van der Waals surface area (Å²) in [7, 11) is -1.53. The Kier molecular flexibility index (Phi) is 5.84. The second-order valence-electron chi connectivity index (χ2n) is 6.07. The fourth-order valence-electron chi connectivity index (χ4n) is 3.03. The minimum Gasteiger partial charge on any atom is -0.315 e. The summed E-state index contributed by atoms with van der Waals surface area (Å²) in [5, 5.41) is 3.38. The molecule has 0 radical (unpaired) electrons. The van der Waals surface area contributed by atoms with E-state index in [-0.39, 0.29) is 12.1 Å². The number of hydrogen-bond acceptors (Lipinski definition) is 3. The summed E-state index contributed by atoms with van der Waals surface area (Å²) in [5.41, 5.74) is 0. The van der Waals surface area contributed by atoms with E-state index in [0.717, 1.165) is 58.0 Å². The van der Waals surface area contributed by atoms with Crippen molar-refractivity contribution in [2.45, 2.75) is 64.0 Å². The Morgan fingerprint density at radius 1 is 1.20 bits per heavy atom. The van der Waals surface area contributed by atoms with Crippen molar-refractivity contribution in [1.82, 2.24) is 13.9 Å². The summed E-state index contributed by atoms with van der Waals surface area (Å²) in [5.74, 6) is 0. The maximum Gasteiger partial charge on any atom is 0.282 e. The first-order valence-electron chi connectivity index (χ1n) is 8.03. The molecule has 0 amide bonds. The van der Waals surface area contributed by atoms with Crippen LogP contribution in [0.1, 0.15) is 51.9 Å². The van der Waals surface area contributed by atoms with Crippen molar-refractivity contribution in [1.29, 1.82) is 0 Å². The lowest BCUT2D eigenvalue weighted by Crippen LogP contribution is -2.55. The molecule has 2 aliphatic rings. The van der Waals surface area contributed by atoms with Crippen molar-refractivity contribution in [3.63, 3.8) is 0 Å². The fourth-order valence-corrected chi connectivity index (χ4v) is 4.87. The zero-order valence-electron chi connectivity index (χ0n) is 12.8. The summed E-state index contributed by atoms with van der Waals surface area (Å²) in [4.78, 5) is 0. The van der Waals surface area contributed by atoms with Gasteiger partial charge in [0.15, 0.2) is 0 Å². The van der Waals surface area contributed by atoms with Crippen molar-refractivity contribution in [2.24, 2.45) is 0 Å². The molecule has 1 atom stereocenters. The second kappa shape index (κ2) is 7.20. The van der Waals surface area contributed by atoms with Gasteiger partial charge >= 0.3 is 0 Å². The minimum absolute atomic E-state index is 0.128. The average molecular weight is 303 g/mol. The van der Waals surface area contributed by atoms with Gasteiger partial charge in [-0.05, 0) is 38.6 Å². The number of nitrogens with one attached hydrogen (secondary N) is 1. The zero-order valence-corrected chi connectivity index (χ0v) is 13.7. The Balaban J connectivity index is 2.01. The number of rotatable bonds is 7. The van der Waals surface area contributed by atoms with Gasteiger partial charge in [0.2, 0.25) is 0 Å². The van der Waals surface area contributed by atoms with Gasteiger partial charge in [-0.2, -0.15) is 17.0 Å². The van der Waals surface area contributed by atoms with E-state index < -0.39 is 10.2 Å². The molecule has 0 bridgehead atoms. The summed E-state index contributed by atoms with van der Waals surface area (Å²) in [6, 6.07) is 0.356. The SMILES string of the molecule is CCCNCC1CCCCN1S(=O)(=O)N(C)C1CCC1. The number of hydrogen-bond donors (Lipinski definition) is 1. The fraction of sp³-hybridized carbons (Fsp3) is 1.00. The van der Waals surface area contributed by atoms with Gasteiger partial charge in [-0.1, -0.05) is 19.8 Å². The van der Waals surface area contributed by atoms with Crippen LogP contribution in [0.3, 0.4) is 0 Å². The monoisotopic (exact) mass is 303 g/mol. The van der Waals surface area contributed by atoms with Crippen molar-refractivity contribution in [3.8, 4) is 0 Å². The molecular weight excluding hydrogens is 274 g/mol. The Morgan fingerprint density at radius 3 is 2.55 bits per heavy atom. The molecule has 0 spiro atoms. The topological polar surface area (TPSA) is 52.7 Å². The summed E-state index contributed by atoms with van der Waals surface area (Å²) in [6.07, 6.45) is 7.38. The van der Waals surface area contributed by atoms with Crippen LogP contribution >= 0.6 is 0 Å². The average Bonchev–Trinajstić information content (AvgIpc) is 2.37. The number of nitrogens with zero attached hydrogens (tertiary/aromatic N) is 2. The van der Waals surface area contributed by atoms with Gasteiger partial charge in [0.1, 0.15) is 0 Å². The highest BCUT2D eigenvalue weighted by Gasteiger charge is 2.38.